The van der Waals surface area contributed by atoms with Gasteiger partial charge in [0.25, 0.3) is 0 Å². The maximum Gasteiger partial charge on any atom is 0.141 e. The summed E-state index contributed by atoms with van der Waals surface area (Å²) in [6, 6.07) is 3.57. The van der Waals surface area contributed by atoms with Crippen LogP contribution in [0, 0.1) is 0 Å². The smallest absolute Gasteiger partial charge is 0.141 e. The topological polar surface area (TPSA) is 12.9 Å². The first-order valence-electron chi connectivity index (χ1n) is 2.80. The van der Waals surface area contributed by atoms with E-state index in [9.17, 15) is 0 Å². The zero-order valence-electron chi connectivity index (χ0n) is 5.34. The normalized spacial score (nSPS) is 9.70. The predicted octanol–water partition coefficient (Wildman–Crippen LogP) is -0.436. The zero-order chi connectivity index (χ0) is 7.56. The molecule has 0 atom stereocenters. The molecule has 1 aromatic heterocycles. The van der Waals surface area contributed by atoms with Gasteiger partial charge < -0.3 is 0 Å². The fourth-order valence-electron chi connectivity index (χ4n) is 0.712. The van der Waals surface area contributed by atoms with E-state index in [1.54, 1.807) is 12.1 Å². The van der Waals surface area contributed by atoms with Gasteiger partial charge in [-0.05, 0) is 28.9 Å². The van der Waals surface area contributed by atoms with E-state index in [1.807, 2.05) is 0 Å². The van der Waals surface area contributed by atoms with E-state index in [2.05, 4.69) is 20.9 Å². The number of hydrogen-bond acceptors (Lipinski definition) is 1. The van der Waals surface area contributed by atoms with Crippen molar-refractivity contribution in [2.24, 2.45) is 0 Å². The van der Waals surface area contributed by atoms with Crippen LogP contribution in [0.2, 0.25) is 0 Å². The van der Waals surface area contributed by atoms with E-state index in [1.165, 1.54) is 0 Å². The van der Waals surface area contributed by atoms with Crippen molar-refractivity contribution in [2.45, 2.75) is 5.33 Å². The monoisotopic (exact) mass is 191 g/mol. The van der Waals surface area contributed by atoms with Gasteiger partial charge in [0.15, 0.2) is 0 Å². The molecule has 0 aliphatic rings. The van der Waals surface area contributed by atoms with Crippen LogP contribution in [0.3, 0.4) is 0 Å². The summed E-state index contributed by atoms with van der Waals surface area (Å²) < 4.78 is 0. The van der Waals surface area contributed by atoms with Crippen LogP contribution >= 0.6 is 15.9 Å². The Labute approximate surface area is 71.2 Å². The molecule has 0 aliphatic carbocycles. The molecule has 0 bridgehead atoms. The van der Waals surface area contributed by atoms with Gasteiger partial charge in [-0.2, -0.15) is 0 Å². The molecular weight excluding hydrogens is 188 g/mol. The standard InChI is InChI=1S/C6H4B2BrN/c7-5-1-4(3-9)2-6(8)10-5/h1-2H,3H2. The van der Waals surface area contributed by atoms with E-state index in [4.69, 9.17) is 15.7 Å². The number of halogens is 1. The molecule has 1 aromatic rings. The van der Waals surface area contributed by atoms with Crippen molar-refractivity contribution < 1.29 is 0 Å². The van der Waals surface area contributed by atoms with Crippen molar-refractivity contribution >= 4 is 42.8 Å². The Hall–Kier alpha value is -0.240. The second-order valence-corrected chi connectivity index (χ2v) is 2.52. The van der Waals surface area contributed by atoms with Crippen LogP contribution in [0.25, 0.3) is 0 Å². The minimum absolute atomic E-state index is 0.467. The molecule has 1 heterocycles. The highest BCUT2D eigenvalue weighted by atomic mass is 79.9. The Morgan fingerprint density at radius 1 is 1.30 bits per heavy atom. The quantitative estimate of drug-likeness (QED) is 0.434. The Morgan fingerprint density at radius 3 is 2.20 bits per heavy atom. The highest BCUT2D eigenvalue weighted by Gasteiger charge is 1.92. The Kier molecular flexibility index (Phi) is 2.55. The highest BCUT2D eigenvalue weighted by molar-refractivity contribution is 9.08. The van der Waals surface area contributed by atoms with Gasteiger partial charge in [0.1, 0.15) is 15.7 Å². The summed E-state index contributed by atoms with van der Waals surface area (Å²) in [4.78, 5) is 3.82. The second kappa shape index (κ2) is 3.24. The molecule has 0 unspecified atom stereocenters. The van der Waals surface area contributed by atoms with E-state index < -0.39 is 0 Å². The van der Waals surface area contributed by atoms with E-state index in [0.29, 0.717) is 11.2 Å². The van der Waals surface area contributed by atoms with Gasteiger partial charge in [0.05, 0.1) is 0 Å². The number of alkyl halides is 1. The molecule has 1 nitrogen and oxygen atoms in total. The lowest BCUT2D eigenvalue weighted by atomic mass is 9.96. The Balaban J connectivity index is 3.06. The van der Waals surface area contributed by atoms with Crippen molar-refractivity contribution in [3.05, 3.63) is 17.7 Å². The van der Waals surface area contributed by atoms with E-state index >= 15 is 0 Å². The molecule has 0 saturated heterocycles. The molecule has 0 spiro atoms. The van der Waals surface area contributed by atoms with Crippen LogP contribution in [0.5, 0.6) is 0 Å². The molecule has 0 fully saturated rings. The van der Waals surface area contributed by atoms with Gasteiger partial charge >= 0.3 is 0 Å². The van der Waals surface area contributed by atoms with Crippen LogP contribution in [-0.2, 0) is 5.33 Å². The van der Waals surface area contributed by atoms with Crippen molar-refractivity contribution in [1.82, 2.24) is 4.98 Å². The summed E-state index contributed by atoms with van der Waals surface area (Å²) in [6.45, 7) is 0. The predicted molar refractivity (Wildman–Crippen MR) is 47.6 cm³/mol. The first-order valence-corrected chi connectivity index (χ1v) is 3.92. The lowest BCUT2D eigenvalue weighted by Gasteiger charge is -1.99. The van der Waals surface area contributed by atoms with Gasteiger partial charge in [-0.25, -0.2) is 0 Å². The van der Waals surface area contributed by atoms with Crippen molar-refractivity contribution in [1.29, 1.82) is 0 Å². The third-order valence-corrected chi connectivity index (χ3v) is 1.73. The van der Waals surface area contributed by atoms with Gasteiger partial charge in [-0.15, -0.1) is 0 Å². The fourth-order valence-corrected chi connectivity index (χ4v) is 1.04. The summed E-state index contributed by atoms with van der Waals surface area (Å²) in [7, 11) is 10.8. The van der Waals surface area contributed by atoms with E-state index in [-0.39, 0.29) is 0 Å². The Bertz CT molecular complexity index is 219. The van der Waals surface area contributed by atoms with Crippen LogP contribution in [0.1, 0.15) is 5.56 Å². The van der Waals surface area contributed by atoms with Gasteiger partial charge in [-0.3, -0.25) is 4.98 Å². The molecule has 0 saturated carbocycles. The third-order valence-electron chi connectivity index (χ3n) is 1.08. The first-order chi connectivity index (χ1) is 4.72. The van der Waals surface area contributed by atoms with Gasteiger partial charge in [0.2, 0.25) is 0 Å². The fraction of sp³-hybridized carbons (Fsp3) is 0.167. The molecule has 0 aliphatic heterocycles. The summed E-state index contributed by atoms with van der Waals surface area (Å²) in [5, 5.41) is 0.754. The largest absolute Gasteiger partial charge is 0.281 e. The Morgan fingerprint density at radius 2 is 1.80 bits per heavy atom. The lowest BCUT2D eigenvalue weighted by Crippen LogP contribution is -2.21. The number of nitrogens with zero attached hydrogens (tertiary/aromatic N) is 1. The van der Waals surface area contributed by atoms with Crippen LogP contribution in [0.4, 0.5) is 0 Å². The number of aromatic nitrogens is 1. The minimum Gasteiger partial charge on any atom is -0.281 e. The summed E-state index contributed by atoms with van der Waals surface area (Å²) in [6.07, 6.45) is 0. The van der Waals surface area contributed by atoms with Crippen molar-refractivity contribution in [2.75, 3.05) is 0 Å². The molecule has 0 N–H and O–H groups in total. The molecule has 10 heavy (non-hydrogen) atoms. The van der Waals surface area contributed by atoms with Crippen molar-refractivity contribution in [3.8, 4) is 0 Å². The maximum atomic E-state index is 5.42. The molecule has 46 valence electrons. The summed E-state index contributed by atoms with van der Waals surface area (Å²) in [5.74, 6) is 0. The molecule has 0 aromatic carbocycles. The lowest BCUT2D eigenvalue weighted by molar-refractivity contribution is 1.37. The molecule has 1 rings (SSSR count). The van der Waals surface area contributed by atoms with Gasteiger partial charge in [0, 0.05) is 5.33 Å². The highest BCUT2D eigenvalue weighted by Crippen LogP contribution is 1.98. The molecule has 4 heteroatoms. The second-order valence-electron chi connectivity index (χ2n) is 1.96. The molecular formula is C6H4B2BrN. The summed E-state index contributed by atoms with van der Waals surface area (Å²) in [5.41, 5.74) is 1.98. The summed E-state index contributed by atoms with van der Waals surface area (Å²) >= 11 is 3.29. The average Bonchev–Trinajstić information content (AvgIpc) is 1.85. The SMILES string of the molecule is [B]c1cc(CBr)cc([B])n1. The van der Waals surface area contributed by atoms with Gasteiger partial charge in [-0.1, -0.05) is 15.9 Å². The van der Waals surface area contributed by atoms with Crippen LogP contribution < -0.4 is 11.2 Å². The number of rotatable bonds is 1. The van der Waals surface area contributed by atoms with Crippen LogP contribution in [-0.4, -0.2) is 20.7 Å². The van der Waals surface area contributed by atoms with E-state index in [0.717, 1.165) is 10.9 Å². The maximum absolute atomic E-state index is 5.42. The minimum atomic E-state index is 0.467. The zero-order valence-corrected chi connectivity index (χ0v) is 6.93. The van der Waals surface area contributed by atoms with Crippen LogP contribution in [0.15, 0.2) is 12.1 Å². The first kappa shape index (κ1) is 7.86. The van der Waals surface area contributed by atoms with Crippen molar-refractivity contribution in [3.63, 3.8) is 0 Å². The molecule has 4 radical (unpaired) electrons. The number of pyridine rings is 1. The third kappa shape index (κ3) is 1.87. The average molecular weight is 192 g/mol. The molecule has 0 amide bonds. The number of hydrogen-bond donors (Lipinski definition) is 0.